The van der Waals surface area contributed by atoms with Crippen molar-refractivity contribution in [2.24, 2.45) is 0 Å². The van der Waals surface area contributed by atoms with Crippen molar-refractivity contribution < 1.29 is 9.50 Å². The van der Waals surface area contributed by atoms with Crippen LogP contribution in [0.3, 0.4) is 0 Å². The van der Waals surface area contributed by atoms with Crippen molar-refractivity contribution in [3.63, 3.8) is 0 Å². The zero-order chi connectivity index (χ0) is 25.0. The number of nitrogens with one attached hydrogen (secondary N) is 2. The van der Waals surface area contributed by atoms with E-state index >= 15 is 0 Å². The van der Waals surface area contributed by atoms with Crippen molar-refractivity contribution in [1.29, 1.82) is 0 Å². The Bertz CT molecular complexity index is 1550. The largest absolute Gasteiger partial charge is 0.383 e. The molecule has 4 heterocycles. The van der Waals surface area contributed by atoms with Gasteiger partial charge in [0.25, 0.3) is 5.56 Å². The monoisotopic (exact) mass is 561 g/mol. The third-order valence-electron chi connectivity index (χ3n) is 7.13. The van der Waals surface area contributed by atoms with Gasteiger partial charge in [-0.25, -0.2) is 23.7 Å². The number of hydrogen-bond donors (Lipinski definition) is 3. The van der Waals surface area contributed by atoms with Gasteiger partial charge in [-0.1, -0.05) is 6.07 Å². The molecule has 0 unspecified atom stereocenters. The third-order valence-corrected chi connectivity index (χ3v) is 7.13. The number of nitrogens with zero attached hydrogens (tertiary/aromatic N) is 5. The molecule has 0 atom stereocenters. The van der Waals surface area contributed by atoms with E-state index in [1.54, 1.807) is 4.68 Å². The van der Waals surface area contributed by atoms with E-state index in [1.807, 2.05) is 19.9 Å². The molecule has 0 amide bonds. The summed E-state index contributed by atoms with van der Waals surface area (Å²) in [7, 11) is 0. The van der Waals surface area contributed by atoms with Crippen LogP contribution in [-0.2, 0) is 18.6 Å². The lowest BCUT2D eigenvalue weighted by Crippen LogP contribution is -2.36. The van der Waals surface area contributed by atoms with Crippen molar-refractivity contribution in [2.45, 2.75) is 57.7 Å². The molecular weight excluding hydrogens is 532 g/mol. The van der Waals surface area contributed by atoms with Crippen LogP contribution in [0.1, 0.15) is 56.0 Å². The summed E-state index contributed by atoms with van der Waals surface area (Å²) in [5.41, 5.74) is 2.24. The number of fused-ring (bicyclic) bond motifs is 2. The molecule has 6 rings (SSSR count). The number of aliphatic hydroxyl groups is 1. The molecule has 9 nitrogen and oxygen atoms in total. The van der Waals surface area contributed by atoms with E-state index in [0.717, 1.165) is 31.6 Å². The Hall–Kier alpha value is -3.05. The Labute approximate surface area is 231 Å². The molecule has 0 radical (unpaired) electrons. The van der Waals surface area contributed by atoms with E-state index in [9.17, 15) is 14.3 Å². The molecule has 3 aromatic heterocycles. The standard InChI is InChI=1S/C26H28FN7O2.2ClH/c1-15(2)33-24(35)19-14-29-25(30-18-5-4-17-13-28-11-8-16(17)12-18)32-23(19)34(33)21-7-6-20(27)22(31-21)26(36)9-3-10-26;;/h4-7,12,14-15,28,36H,3,8-11,13H2,1-2H3,(H,29,30,32);2*1H. The summed E-state index contributed by atoms with van der Waals surface area (Å²) in [5, 5.41) is 17.8. The maximum atomic E-state index is 14.7. The van der Waals surface area contributed by atoms with Gasteiger partial charge in [0, 0.05) is 24.5 Å². The molecule has 1 saturated carbocycles. The minimum Gasteiger partial charge on any atom is -0.383 e. The van der Waals surface area contributed by atoms with Crippen LogP contribution in [0.4, 0.5) is 16.0 Å². The summed E-state index contributed by atoms with van der Waals surface area (Å²) in [4.78, 5) is 26.9. The molecule has 0 bridgehead atoms. The van der Waals surface area contributed by atoms with Gasteiger partial charge in [-0.2, -0.15) is 4.98 Å². The first kappa shape index (κ1) is 28.0. The summed E-state index contributed by atoms with van der Waals surface area (Å²) in [6.45, 7) is 5.56. The molecule has 0 spiro atoms. The van der Waals surface area contributed by atoms with Crippen molar-refractivity contribution in [3.8, 4) is 5.82 Å². The number of benzene rings is 1. The molecule has 12 heteroatoms. The molecule has 1 aromatic carbocycles. The molecule has 38 heavy (non-hydrogen) atoms. The van der Waals surface area contributed by atoms with Crippen LogP contribution in [0.25, 0.3) is 16.9 Å². The first-order chi connectivity index (χ1) is 17.3. The summed E-state index contributed by atoms with van der Waals surface area (Å²) in [6, 6.07) is 8.74. The summed E-state index contributed by atoms with van der Waals surface area (Å²) in [5.74, 6) is 0.0971. The fraction of sp³-hybridized carbons (Fsp3) is 0.385. The highest BCUT2D eigenvalue weighted by atomic mass is 35.5. The smallest absolute Gasteiger partial charge is 0.278 e. The molecule has 202 valence electrons. The fourth-order valence-electron chi connectivity index (χ4n) is 5.05. The van der Waals surface area contributed by atoms with Gasteiger partial charge in [0.1, 0.15) is 22.5 Å². The fourth-order valence-corrected chi connectivity index (χ4v) is 5.05. The number of pyridine rings is 1. The minimum atomic E-state index is -1.28. The number of hydrogen-bond acceptors (Lipinski definition) is 7. The molecule has 0 saturated heterocycles. The van der Waals surface area contributed by atoms with Gasteiger partial charge in [-0.15, -0.1) is 24.8 Å². The van der Waals surface area contributed by atoms with Crippen LogP contribution in [0.15, 0.2) is 41.3 Å². The Morgan fingerprint density at radius 2 is 1.92 bits per heavy atom. The lowest BCUT2D eigenvalue weighted by molar-refractivity contribution is -0.0457. The van der Waals surface area contributed by atoms with Crippen LogP contribution in [0, 0.1) is 5.82 Å². The number of anilines is 2. The highest BCUT2D eigenvalue weighted by Gasteiger charge is 2.40. The number of rotatable bonds is 5. The Balaban J connectivity index is 0.00000168. The molecule has 3 N–H and O–H groups in total. The van der Waals surface area contributed by atoms with E-state index in [4.69, 9.17) is 0 Å². The summed E-state index contributed by atoms with van der Waals surface area (Å²) < 4.78 is 17.8. The quantitative estimate of drug-likeness (QED) is 0.333. The van der Waals surface area contributed by atoms with Gasteiger partial charge >= 0.3 is 0 Å². The van der Waals surface area contributed by atoms with Crippen molar-refractivity contribution >= 4 is 47.5 Å². The van der Waals surface area contributed by atoms with Crippen LogP contribution in [0.5, 0.6) is 0 Å². The number of halogens is 3. The molecule has 1 fully saturated rings. The highest BCUT2D eigenvalue weighted by molar-refractivity contribution is 5.85. The SMILES string of the molecule is CC(C)n1c(=O)c2cnc(Nc3ccc4c(c3)CCNC4)nc2n1-c1ccc(F)c(C2(O)CCC2)n1.Cl.Cl. The molecule has 2 aliphatic rings. The first-order valence-corrected chi connectivity index (χ1v) is 12.3. The van der Waals surface area contributed by atoms with E-state index in [0.29, 0.717) is 35.6 Å². The van der Waals surface area contributed by atoms with Gasteiger partial charge in [0.2, 0.25) is 5.95 Å². The predicted molar refractivity (Wildman–Crippen MR) is 149 cm³/mol. The van der Waals surface area contributed by atoms with E-state index in [1.165, 1.54) is 34.1 Å². The second-order valence-corrected chi connectivity index (χ2v) is 9.91. The summed E-state index contributed by atoms with van der Waals surface area (Å²) >= 11 is 0. The van der Waals surface area contributed by atoms with Crippen molar-refractivity contribution in [1.82, 2.24) is 29.6 Å². The lowest BCUT2D eigenvalue weighted by atomic mass is 9.77. The summed E-state index contributed by atoms with van der Waals surface area (Å²) in [6.07, 6.45) is 4.18. The maximum Gasteiger partial charge on any atom is 0.278 e. The van der Waals surface area contributed by atoms with Crippen LogP contribution < -0.4 is 16.2 Å². The zero-order valence-electron chi connectivity index (χ0n) is 21.1. The highest BCUT2D eigenvalue weighted by Crippen LogP contribution is 2.41. The molecule has 1 aliphatic carbocycles. The van der Waals surface area contributed by atoms with Crippen molar-refractivity contribution in [3.05, 3.63) is 69.5 Å². The normalized spacial score (nSPS) is 15.8. The van der Waals surface area contributed by atoms with Gasteiger partial charge in [-0.3, -0.25) is 4.79 Å². The Morgan fingerprint density at radius 3 is 2.63 bits per heavy atom. The Morgan fingerprint density at radius 1 is 1.13 bits per heavy atom. The average Bonchev–Trinajstić information content (AvgIpc) is 3.14. The lowest BCUT2D eigenvalue weighted by Gasteiger charge is -2.36. The third kappa shape index (κ3) is 4.66. The number of aromatic nitrogens is 5. The zero-order valence-corrected chi connectivity index (χ0v) is 22.7. The van der Waals surface area contributed by atoms with Crippen LogP contribution in [-0.4, -0.2) is 36.0 Å². The van der Waals surface area contributed by atoms with Gasteiger partial charge in [0.05, 0.1) is 0 Å². The average molecular weight is 562 g/mol. The first-order valence-electron chi connectivity index (χ1n) is 12.3. The van der Waals surface area contributed by atoms with Gasteiger partial charge in [0.15, 0.2) is 11.5 Å². The second-order valence-electron chi connectivity index (χ2n) is 9.91. The van der Waals surface area contributed by atoms with Gasteiger partial charge in [-0.05, 0) is 81.5 Å². The van der Waals surface area contributed by atoms with E-state index < -0.39 is 11.4 Å². The molecule has 4 aromatic rings. The Kier molecular flexibility index (Phi) is 7.81. The van der Waals surface area contributed by atoms with Crippen molar-refractivity contribution in [2.75, 3.05) is 11.9 Å². The molecule has 1 aliphatic heterocycles. The minimum absolute atomic E-state index is 0. The van der Waals surface area contributed by atoms with Crippen LogP contribution >= 0.6 is 24.8 Å². The predicted octanol–water partition coefficient (Wildman–Crippen LogP) is 4.30. The second kappa shape index (κ2) is 10.6. The van der Waals surface area contributed by atoms with Gasteiger partial charge < -0.3 is 15.7 Å². The maximum absolute atomic E-state index is 14.7. The topological polar surface area (TPSA) is 110 Å². The molecular formula is C26H30Cl2FN7O2. The van der Waals surface area contributed by atoms with E-state index in [2.05, 4.69) is 37.7 Å². The van der Waals surface area contributed by atoms with E-state index in [-0.39, 0.29) is 42.1 Å². The van der Waals surface area contributed by atoms with Crippen LogP contribution in [0.2, 0.25) is 0 Å².